The molecule has 10 heteroatoms. The maximum atomic E-state index is 12.6. The summed E-state index contributed by atoms with van der Waals surface area (Å²) in [6.07, 6.45) is 2.33. The maximum absolute atomic E-state index is 12.6. The lowest BCUT2D eigenvalue weighted by Gasteiger charge is -2.26. The SMILES string of the molecule is Cc1nnc(CN=C(NC2CCCCC2)NC2CCN(CC(F)(F)F)C2)n1C. The highest BCUT2D eigenvalue weighted by Crippen LogP contribution is 2.20. The molecule has 0 spiro atoms. The van der Waals surface area contributed by atoms with Crippen LogP contribution in [0.2, 0.25) is 0 Å². The fourth-order valence-electron chi connectivity index (χ4n) is 3.85. The molecule has 158 valence electrons. The highest BCUT2D eigenvalue weighted by molar-refractivity contribution is 5.80. The van der Waals surface area contributed by atoms with Gasteiger partial charge in [0.25, 0.3) is 0 Å². The van der Waals surface area contributed by atoms with E-state index < -0.39 is 12.7 Å². The van der Waals surface area contributed by atoms with Gasteiger partial charge in [0.2, 0.25) is 0 Å². The lowest BCUT2D eigenvalue weighted by Crippen LogP contribution is -2.49. The maximum Gasteiger partial charge on any atom is 0.401 e. The van der Waals surface area contributed by atoms with Gasteiger partial charge in [0.15, 0.2) is 11.8 Å². The summed E-state index contributed by atoms with van der Waals surface area (Å²) in [7, 11) is 1.90. The second-order valence-electron chi connectivity index (χ2n) is 7.85. The first-order valence-corrected chi connectivity index (χ1v) is 10.0. The zero-order chi connectivity index (χ0) is 20.1. The number of nitrogens with zero attached hydrogens (tertiary/aromatic N) is 5. The molecule has 1 aromatic rings. The van der Waals surface area contributed by atoms with E-state index in [1.807, 2.05) is 18.5 Å². The van der Waals surface area contributed by atoms with Gasteiger partial charge >= 0.3 is 6.18 Å². The normalized spacial score (nSPS) is 22.6. The number of alkyl halides is 3. The molecule has 3 rings (SSSR count). The molecule has 0 bridgehead atoms. The fourth-order valence-corrected chi connectivity index (χ4v) is 3.85. The standard InChI is InChI=1S/C18H30F3N7/c1-13-25-26-16(27(13)2)10-22-17(23-14-6-4-3-5-7-14)24-15-8-9-28(11-15)12-18(19,20)21/h14-15H,3-12H2,1-2H3,(H2,22,23,24). The number of aromatic nitrogens is 3. The molecule has 2 N–H and O–H groups in total. The van der Waals surface area contributed by atoms with Gasteiger partial charge in [0.1, 0.15) is 12.4 Å². The Balaban J connectivity index is 1.62. The van der Waals surface area contributed by atoms with Crippen LogP contribution in [0.3, 0.4) is 0 Å². The highest BCUT2D eigenvalue weighted by atomic mass is 19.4. The van der Waals surface area contributed by atoms with Crippen molar-refractivity contribution in [1.29, 1.82) is 0 Å². The Labute approximate surface area is 163 Å². The predicted molar refractivity (Wildman–Crippen MR) is 101 cm³/mol. The van der Waals surface area contributed by atoms with Crippen LogP contribution in [0.4, 0.5) is 13.2 Å². The van der Waals surface area contributed by atoms with E-state index in [2.05, 4.69) is 25.8 Å². The van der Waals surface area contributed by atoms with Crippen molar-refractivity contribution in [3.05, 3.63) is 11.6 Å². The largest absolute Gasteiger partial charge is 0.401 e. The average Bonchev–Trinajstić information content (AvgIpc) is 3.19. The molecule has 1 atom stereocenters. The number of hydrogen-bond acceptors (Lipinski definition) is 4. The highest BCUT2D eigenvalue weighted by Gasteiger charge is 2.34. The number of nitrogens with one attached hydrogen (secondary N) is 2. The molecule has 0 amide bonds. The van der Waals surface area contributed by atoms with E-state index in [1.165, 1.54) is 24.2 Å². The molecule has 0 aromatic carbocycles. The first-order chi connectivity index (χ1) is 13.3. The molecule has 2 heterocycles. The fraction of sp³-hybridized carbons (Fsp3) is 0.833. The van der Waals surface area contributed by atoms with Crippen LogP contribution in [0.25, 0.3) is 0 Å². The number of hydrogen-bond donors (Lipinski definition) is 2. The summed E-state index contributed by atoms with van der Waals surface area (Å²) >= 11 is 0. The molecule has 28 heavy (non-hydrogen) atoms. The second-order valence-corrected chi connectivity index (χ2v) is 7.85. The van der Waals surface area contributed by atoms with Gasteiger partial charge in [-0.3, -0.25) is 4.90 Å². The topological polar surface area (TPSA) is 70.4 Å². The molecule has 1 saturated carbocycles. The smallest absolute Gasteiger partial charge is 0.354 e. The first-order valence-electron chi connectivity index (χ1n) is 10.0. The lowest BCUT2D eigenvalue weighted by molar-refractivity contribution is -0.143. The van der Waals surface area contributed by atoms with E-state index in [9.17, 15) is 13.2 Å². The molecule has 0 radical (unpaired) electrons. The molecule has 1 aromatic heterocycles. The van der Waals surface area contributed by atoms with Gasteiger partial charge in [-0.05, 0) is 26.2 Å². The Morgan fingerprint density at radius 2 is 1.82 bits per heavy atom. The van der Waals surface area contributed by atoms with E-state index in [-0.39, 0.29) is 6.04 Å². The van der Waals surface area contributed by atoms with Crippen LogP contribution in [0, 0.1) is 6.92 Å². The summed E-state index contributed by atoms with van der Waals surface area (Å²) in [6.45, 7) is 2.21. The monoisotopic (exact) mass is 401 g/mol. The van der Waals surface area contributed by atoms with E-state index in [1.54, 1.807) is 0 Å². The molecule has 2 aliphatic rings. The van der Waals surface area contributed by atoms with Crippen LogP contribution < -0.4 is 10.6 Å². The summed E-state index contributed by atoms with van der Waals surface area (Å²) in [4.78, 5) is 6.10. The van der Waals surface area contributed by atoms with Gasteiger partial charge in [-0.2, -0.15) is 13.2 Å². The molecule has 2 fully saturated rings. The summed E-state index contributed by atoms with van der Waals surface area (Å²) in [5.74, 6) is 2.23. The van der Waals surface area contributed by atoms with Gasteiger partial charge in [-0.25, -0.2) is 4.99 Å². The van der Waals surface area contributed by atoms with Gasteiger partial charge < -0.3 is 15.2 Å². The third kappa shape index (κ3) is 6.08. The summed E-state index contributed by atoms with van der Waals surface area (Å²) < 4.78 is 39.8. The quantitative estimate of drug-likeness (QED) is 0.584. The molecule has 1 aliphatic heterocycles. The zero-order valence-electron chi connectivity index (χ0n) is 16.6. The Morgan fingerprint density at radius 1 is 1.11 bits per heavy atom. The number of aryl methyl sites for hydroxylation is 1. The predicted octanol–water partition coefficient (Wildman–Crippen LogP) is 2.13. The minimum atomic E-state index is -4.16. The van der Waals surface area contributed by atoms with Gasteiger partial charge in [-0.1, -0.05) is 19.3 Å². The summed E-state index contributed by atoms with van der Waals surface area (Å²) in [5, 5.41) is 15.0. The van der Waals surface area contributed by atoms with Crippen LogP contribution >= 0.6 is 0 Å². The minimum Gasteiger partial charge on any atom is -0.354 e. The Bertz CT molecular complexity index is 665. The van der Waals surface area contributed by atoms with Crippen LogP contribution in [-0.4, -0.2) is 63.5 Å². The van der Waals surface area contributed by atoms with Crippen molar-refractivity contribution in [3.63, 3.8) is 0 Å². The average molecular weight is 401 g/mol. The molecule has 1 saturated heterocycles. The third-order valence-corrected chi connectivity index (χ3v) is 5.52. The van der Waals surface area contributed by atoms with Crippen molar-refractivity contribution >= 4 is 5.96 Å². The molecule has 1 unspecified atom stereocenters. The zero-order valence-corrected chi connectivity index (χ0v) is 16.6. The van der Waals surface area contributed by atoms with Gasteiger partial charge in [0.05, 0.1) is 6.54 Å². The van der Waals surface area contributed by atoms with E-state index in [4.69, 9.17) is 0 Å². The Morgan fingerprint density at radius 3 is 2.46 bits per heavy atom. The van der Waals surface area contributed by atoms with Crippen molar-refractivity contribution in [2.45, 2.75) is 70.3 Å². The molecule has 7 nitrogen and oxygen atoms in total. The van der Waals surface area contributed by atoms with Crippen LogP contribution in [-0.2, 0) is 13.6 Å². The molecule has 1 aliphatic carbocycles. The van der Waals surface area contributed by atoms with Crippen LogP contribution in [0.15, 0.2) is 4.99 Å². The summed E-state index contributed by atoms with van der Waals surface area (Å²) in [6, 6.07) is 0.312. The van der Waals surface area contributed by atoms with Crippen molar-refractivity contribution in [3.8, 4) is 0 Å². The van der Waals surface area contributed by atoms with Crippen LogP contribution in [0.5, 0.6) is 0 Å². The van der Waals surface area contributed by atoms with E-state index in [0.717, 1.165) is 24.5 Å². The number of guanidine groups is 1. The van der Waals surface area contributed by atoms with Crippen molar-refractivity contribution in [2.75, 3.05) is 19.6 Å². The first kappa shape index (κ1) is 20.9. The van der Waals surface area contributed by atoms with Crippen molar-refractivity contribution < 1.29 is 13.2 Å². The summed E-state index contributed by atoms with van der Waals surface area (Å²) in [5.41, 5.74) is 0. The molecular weight excluding hydrogens is 371 g/mol. The third-order valence-electron chi connectivity index (χ3n) is 5.52. The second kappa shape index (κ2) is 9.11. The number of rotatable bonds is 5. The number of likely N-dealkylation sites (tertiary alicyclic amines) is 1. The molecular formula is C18H30F3N7. The van der Waals surface area contributed by atoms with Crippen molar-refractivity contribution in [1.82, 2.24) is 30.3 Å². The van der Waals surface area contributed by atoms with Gasteiger partial charge in [-0.15, -0.1) is 10.2 Å². The number of halogens is 3. The lowest BCUT2D eigenvalue weighted by atomic mass is 9.96. The van der Waals surface area contributed by atoms with Gasteiger partial charge in [0, 0.05) is 32.2 Å². The number of aliphatic imine (C=N–C) groups is 1. The Kier molecular flexibility index (Phi) is 6.79. The van der Waals surface area contributed by atoms with Crippen molar-refractivity contribution in [2.24, 2.45) is 12.0 Å². The Hall–Kier alpha value is -1.84. The van der Waals surface area contributed by atoms with Crippen LogP contribution in [0.1, 0.15) is 50.2 Å². The van der Waals surface area contributed by atoms with E-state index >= 15 is 0 Å². The van der Waals surface area contributed by atoms with E-state index in [0.29, 0.717) is 38.1 Å². The minimum absolute atomic E-state index is 0.0431.